The van der Waals surface area contributed by atoms with Crippen LogP contribution in [0.3, 0.4) is 0 Å². The summed E-state index contributed by atoms with van der Waals surface area (Å²) >= 11 is 0. The minimum Gasteiger partial charge on any atom is -0.314 e. The monoisotopic (exact) mass is 269 g/mol. The molecule has 0 spiro atoms. The zero-order valence-corrected chi connectivity index (χ0v) is 14.0. The minimum atomic E-state index is 0.248. The molecule has 0 unspecified atom stereocenters. The smallest absolute Gasteiger partial charge is 0.0144 e. The van der Waals surface area contributed by atoms with Gasteiger partial charge in [0.05, 0.1) is 0 Å². The van der Waals surface area contributed by atoms with Gasteiger partial charge in [-0.1, -0.05) is 13.8 Å². The van der Waals surface area contributed by atoms with Crippen LogP contribution >= 0.6 is 0 Å². The number of nitrogens with zero attached hydrogens (tertiary/aromatic N) is 1. The standard InChI is InChI=1S/C16H35N3/c1-7-19(8-2)11-9-10-17-14-12-15(3,4)18-16(5,6)13-14/h14,17-18H,7-13H2,1-6H3. The molecule has 1 aliphatic rings. The van der Waals surface area contributed by atoms with E-state index in [-0.39, 0.29) is 11.1 Å². The molecule has 1 saturated heterocycles. The van der Waals surface area contributed by atoms with Crippen molar-refractivity contribution in [2.75, 3.05) is 26.2 Å². The maximum atomic E-state index is 3.77. The first-order valence-corrected chi connectivity index (χ1v) is 8.03. The van der Waals surface area contributed by atoms with E-state index in [1.807, 2.05) is 0 Å². The van der Waals surface area contributed by atoms with E-state index in [4.69, 9.17) is 0 Å². The van der Waals surface area contributed by atoms with Crippen molar-refractivity contribution in [1.29, 1.82) is 0 Å². The lowest BCUT2D eigenvalue weighted by atomic mass is 9.79. The fourth-order valence-electron chi connectivity index (χ4n) is 3.62. The van der Waals surface area contributed by atoms with Crippen LogP contribution in [0.4, 0.5) is 0 Å². The molecule has 114 valence electrons. The fraction of sp³-hybridized carbons (Fsp3) is 1.00. The van der Waals surface area contributed by atoms with Gasteiger partial charge in [-0.3, -0.25) is 0 Å². The van der Waals surface area contributed by atoms with Gasteiger partial charge in [-0.25, -0.2) is 0 Å². The molecule has 0 radical (unpaired) electrons. The molecule has 0 aromatic rings. The van der Waals surface area contributed by atoms with Gasteiger partial charge < -0.3 is 15.5 Å². The Labute approximate surface area is 120 Å². The SMILES string of the molecule is CCN(CC)CCCNC1CC(C)(C)NC(C)(C)C1. The van der Waals surface area contributed by atoms with Gasteiger partial charge in [0.1, 0.15) is 0 Å². The summed E-state index contributed by atoms with van der Waals surface area (Å²) in [5.74, 6) is 0. The maximum Gasteiger partial charge on any atom is 0.0144 e. The van der Waals surface area contributed by atoms with Crippen LogP contribution in [0, 0.1) is 0 Å². The van der Waals surface area contributed by atoms with E-state index in [1.165, 1.54) is 38.9 Å². The molecule has 3 nitrogen and oxygen atoms in total. The van der Waals surface area contributed by atoms with E-state index in [1.54, 1.807) is 0 Å². The Bertz CT molecular complexity index is 241. The fourth-order valence-corrected chi connectivity index (χ4v) is 3.62. The first-order chi connectivity index (χ1) is 8.78. The highest BCUT2D eigenvalue weighted by Gasteiger charge is 2.37. The van der Waals surface area contributed by atoms with Crippen LogP contribution in [0.25, 0.3) is 0 Å². The first kappa shape index (κ1) is 16.9. The number of rotatable bonds is 7. The Morgan fingerprint density at radius 2 is 1.58 bits per heavy atom. The summed E-state index contributed by atoms with van der Waals surface area (Å²) in [6.07, 6.45) is 3.70. The highest BCUT2D eigenvalue weighted by Crippen LogP contribution is 2.28. The van der Waals surface area contributed by atoms with Crippen LogP contribution in [-0.4, -0.2) is 48.2 Å². The quantitative estimate of drug-likeness (QED) is 0.696. The number of hydrogen-bond donors (Lipinski definition) is 2. The van der Waals surface area contributed by atoms with E-state index in [9.17, 15) is 0 Å². The molecule has 0 aromatic heterocycles. The van der Waals surface area contributed by atoms with Crippen LogP contribution in [-0.2, 0) is 0 Å². The molecule has 0 amide bonds. The summed E-state index contributed by atoms with van der Waals surface area (Å²) in [5, 5.41) is 7.51. The second kappa shape index (κ2) is 7.05. The number of piperidine rings is 1. The van der Waals surface area contributed by atoms with Crippen molar-refractivity contribution in [1.82, 2.24) is 15.5 Å². The summed E-state index contributed by atoms with van der Waals surface area (Å²) in [5.41, 5.74) is 0.497. The molecule has 0 saturated carbocycles. The molecular formula is C16H35N3. The molecule has 0 aromatic carbocycles. The number of hydrogen-bond acceptors (Lipinski definition) is 3. The van der Waals surface area contributed by atoms with Crippen molar-refractivity contribution in [3.05, 3.63) is 0 Å². The van der Waals surface area contributed by atoms with Gasteiger partial charge in [0.15, 0.2) is 0 Å². The van der Waals surface area contributed by atoms with Crippen LogP contribution in [0.1, 0.15) is 60.8 Å². The Morgan fingerprint density at radius 1 is 1.05 bits per heavy atom. The molecule has 1 heterocycles. The molecule has 1 aliphatic heterocycles. The van der Waals surface area contributed by atoms with Crippen molar-refractivity contribution >= 4 is 0 Å². The molecule has 3 heteroatoms. The zero-order valence-electron chi connectivity index (χ0n) is 14.0. The molecule has 0 bridgehead atoms. The van der Waals surface area contributed by atoms with Crippen molar-refractivity contribution in [3.8, 4) is 0 Å². The van der Waals surface area contributed by atoms with Gasteiger partial charge in [0.2, 0.25) is 0 Å². The third kappa shape index (κ3) is 6.24. The lowest BCUT2D eigenvalue weighted by Crippen LogP contribution is -2.61. The average Bonchev–Trinajstić information content (AvgIpc) is 2.25. The first-order valence-electron chi connectivity index (χ1n) is 8.03. The van der Waals surface area contributed by atoms with Crippen LogP contribution in [0.15, 0.2) is 0 Å². The van der Waals surface area contributed by atoms with Gasteiger partial charge in [-0.2, -0.15) is 0 Å². The summed E-state index contributed by atoms with van der Waals surface area (Å²) in [4.78, 5) is 2.50. The van der Waals surface area contributed by atoms with Crippen molar-refractivity contribution < 1.29 is 0 Å². The molecule has 19 heavy (non-hydrogen) atoms. The maximum absolute atomic E-state index is 3.77. The van der Waals surface area contributed by atoms with Crippen molar-refractivity contribution in [2.45, 2.75) is 77.9 Å². The molecule has 0 atom stereocenters. The highest BCUT2D eigenvalue weighted by molar-refractivity contribution is 4.99. The summed E-state index contributed by atoms with van der Waals surface area (Å²) < 4.78 is 0. The van der Waals surface area contributed by atoms with E-state index in [2.05, 4.69) is 57.1 Å². The summed E-state index contributed by atoms with van der Waals surface area (Å²) in [7, 11) is 0. The minimum absolute atomic E-state index is 0.248. The average molecular weight is 269 g/mol. The number of nitrogens with one attached hydrogen (secondary N) is 2. The molecule has 1 rings (SSSR count). The second-order valence-electron chi connectivity index (χ2n) is 7.33. The lowest BCUT2D eigenvalue weighted by Gasteiger charge is -2.46. The molecular weight excluding hydrogens is 234 g/mol. The normalized spacial score (nSPS) is 22.9. The second-order valence-corrected chi connectivity index (χ2v) is 7.33. The zero-order chi connectivity index (χ0) is 14.5. The van der Waals surface area contributed by atoms with Gasteiger partial charge in [0, 0.05) is 17.1 Å². The van der Waals surface area contributed by atoms with Crippen LogP contribution < -0.4 is 10.6 Å². The Hall–Kier alpha value is -0.120. The third-order valence-electron chi connectivity index (χ3n) is 4.17. The van der Waals surface area contributed by atoms with Gasteiger partial charge >= 0.3 is 0 Å². The lowest BCUT2D eigenvalue weighted by molar-refractivity contribution is 0.145. The summed E-state index contributed by atoms with van der Waals surface area (Å²) in [6, 6.07) is 0.656. The van der Waals surface area contributed by atoms with Crippen molar-refractivity contribution in [3.63, 3.8) is 0 Å². The molecule has 2 N–H and O–H groups in total. The third-order valence-corrected chi connectivity index (χ3v) is 4.17. The summed E-state index contributed by atoms with van der Waals surface area (Å²) in [6.45, 7) is 18.5. The Balaban J connectivity index is 2.29. The van der Waals surface area contributed by atoms with Gasteiger partial charge in [-0.05, 0) is 73.1 Å². The van der Waals surface area contributed by atoms with Crippen LogP contribution in [0.2, 0.25) is 0 Å². The van der Waals surface area contributed by atoms with Gasteiger partial charge in [0.25, 0.3) is 0 Å². The predicted molar refractivity (Wildman–Crippen MR) is 84.7 cm³/mol. The van der Waals surface area contributed by atoms with Gasteiger partial charge in [-0.15, -0.1) is 0 Å². The Kier molecular flexibility index (Phi) is 6.28. The van der Waals surface area contributed by atoms with Crippen LogP contribution in [0.5, 0.6) is 0 Å². The van der Waals surface area contributed by atoms with E-state index >= 15 is 0 Å². The Morgan fingerprint density at radius 3 is 2.05 bits per heavy atom. The molecule has 0 aliphatic carbocycles. The van der Waals surface area contributed by atoms with E-state index < -0.39 is 0 Å². The van der Waals surface area contributed by atoms with E-state index in [0.717, 1.165) is 6.54 Å². The largest absolute Gasteiger partial charge is 0.314 e. The topological polar surface area (TPSA) is 27.3 Å². The van der Waals surface area contributed by atoms with E-state index in [0.29, 0.717) is 6.04 Å². The highest BCUT2D eigenvalue weighted by atomic mass is 15.1. The molecule has 1 fully saturated rings. The predicted octanol–water partition coefficient (Wildman–Crippen LogP) is 2.62. The van der Waals surface area contributed by atoms with Crippen molar-refractivity contribution in [2.24, 2.45) is 0 Å².